The molecular weight excluding hydrogens is 326 g/mol. The summed E-state index contributed by atoms with van der Waals surface area (Å²) in [6.45, 7) is 0. The average Bonchev–Trinajstić information content (AvgIpc) is 2.56. The molecule has 0 atom stereocenters. The fraction of sp³-hybridized carbons (Fsp3) is 0. The molecule has 3 rings (SSSR count). The number of hydrogen-bond acceptors (Lipinski definition) is 2. The van der Waals surface area contributed by atoms with Crippen molar-refractivity contribution in [3.05, 3.63) is 88.5 Å². The Morgan fingerprint density at radius 2 is 1.67 bits per heavy atom. The molecule has 0 aliphatic carbocycles. The van der Waals surface area contributed by atoms with E-state index in [0.717, 1.165) is 15.7 Å². The summed E-state index contributed by atoms with van der Waals surface area (Å²) in [5.41, 5.74) is 2.96. The van der Waals surface area contributed by atoms with Gasteiger partial charge in [0.15, 0.2) is 5.78 Å². The number of ketones is 1. The number of nitrogens with zero attached hydrogens (tertiary/aromatic N) is 1. The Balaban J connectivity index is 2.14. The van der Waals surface area contributed by atoms with Gasteiger partial charge in [-0.1, -0.05) is 58.4 Å². The second-order valence-electron chi connectivity index (χ2n) is 4.60. The van der Waals surface area contributed by atoms with Crippen molar-refractivity contribution in [2.75, 3.05) is 0 Å². The van der Waals surface area contributed by atoms with Crippen molar-refractivity contribution in [3.8, 4) is 11.3 Å². The minimum Gasteiger partial charge on any atom is -0.289 e. The molecule has 0 aliphatic rings. The predicted molar refractivity (Wildman–Crippen MR) is 87.2 cm³/mol. The molecule has 0 amide bonds. The summed E-state index contributed by atoms with van der Waals surface area (Å²) in [6.07, 6.45) is 1.73. The molecule has 3 aromatic rings. The van der Waals surface area contributed by atoms with Gasteiger partial charge in [-0.05, 0) is 24.3 Å². The Hall–Kier alpha value is -2.26. The Morgan fingerprint density at radius 1 is 0.905 bits per heavy atom. The molecule has 0 bridgehead atoms. The smallest absolute Gasteiger partial charge is 0.193 e. The van der Waals surface area contributed by atoms with Crippen LogP contribution in [0.2, 0.25) is 0 Å². The van der Waals surface area contributed by atoms with Gasteiger partial charge in [0.05, 0.1) is 5.69 Å². The Bertz CT molecular complexity index is 770. The fourth-order valence-electron chi connectivity index (χ4n) is 2.19. The van der Waals surface area contributed by atoms with Gasteiger partial charge in [-0.15, -0.1) is 0 Å². The summed E-state index contributed by atoms with van der Waals surface area (Å²) in [6, 6.07) is 20.7. The molecule has 1 heterocycles. The van der Waals surface area contributed by atoms with Crippen LogP contribution in [0.1, 0.15) is 15.9 Å². The van der Waals surface area contributed by atoms with E-state index in [1.54, 1.807) is 6.20 Å². The van der Waals surface area contributed by atoms with Crippen LogP contribution in [-0.4, -0.2) is 10.8 Å². The van der Waals surface area contributed by atoms with Crippen LogP contribution in [0.15, 0.2) is 77.4 Å². The zero-order valence-electron chi connectivity index (χ0n) is 11.2. The molecule has 0 spiro atoms. The normalized spacial score (nSPS) is 10.3. The topological polar surface area (TPSA) is 30.0 Å². The summed E-state index contributed by atoms with van der Waals surface area (Å²) in [5.74, 6) is -0.00227. The summed E-state index contributed by atoms with van der Waals surface area (Å²) >= 11 is 3.44. The second-order valence-corrected chi connectivity index (χ2v) is 5.52. The Kier molecular flexibility index (Phi) is 3.93. The van der Waals surface area contributed by atoms with Crippen LogP contribution >= 0.6 is 15.9 Å². The molecule has 0 N–H and O–H groups in total. The van der Waals surface area contributed by atoms with E-state index in [1.165, 1.54) is 0 Å². The lowest BCUT2D eigenvalue weighted by Crippen LogP contribution is -2.04. The van der Waals surface area contributed by atoms with Crippen molar-refractivity contribution in [2.45, 2.75) is 0 Å². The average molecular weight is 338 g/mol. The first kappa shape index (κ1) is 13.7. The van der Waals surface area contributed by atoms with Gasteiger partial charge >= 0.3 is 0 Å². The zero-order chi connectivity index (χ0) is 14.7. The van der Waals surface area contributed by atoms with Crippen molar-refractivity contribution >= 4 is 21.7 Å². The highest BCUT2D eigenvalue weighted by molar-refractivity contribution is 9.10. The third-order valence-corrected chi connectivity index (χ3v) is 3.70. The fourth-order valence-corrected chi connectivity index (χ4v) is 2.56. The quantitative estimate of drug-likeness (QED) is 0.646. The van der Waals surface area contributed by atoms with Gasteiger partial charge in [0.1, 0.15) is 0 Å². The van der Waals surface area contributed by atoms with Crippen LogP contribution in [0, 0.1) is 0 Å². The van der Waals surface area contributed by atoms with Crippen molar-refractivity contribution in [1.82, 2.24) is 4.98 Å². The first-order chi connectivity index (χ1) is 10.3. The summed E-state index contributed by atoms with van der Waals surface area (Å²) in [4.78, 5) is 17.1. The van der Waals surface area contributed by atoms with E-state index in [-0.39, 0.29) is 5.78 Å². The largest absolute Gasteiger partial charge is 0.289 e. The lowest BCUT2D eigenvalue weighted by molar-refractivity contribution is 0.103. The van der Waals surface area contributed by atoms with Gasteiger partial charge < -0.3 is 0 Å². The highest BCUT2D eigenvalue weighted by atomic mass is 79.9. The zero-order valence-corrected chi connectivity index (χ0v) is 12.7. The Morgan fingerprint density at radius 3 is 2.38 bits per heavy atom. The molecule has 3 heteroatoms. The highest BCUT2D eigenvalue weighted by Gasteiger charge is 2.15. The number of hydrogen-bond donors (Lipinski definition) is 0. The molecule has 21 heavy (non-hydrogen) atoms. The van der Waals surface area contributed by atoms with E-state index < -0.39 is 0 Å². The van der Waals surface area contributed by atoms with E-state index in [2.05, 4.69) is 20.9 Å². The van der Waals surface area contributed by atoms with Crippen molar-refractivity contribution in [2.24, 2.45) is 0 Å². The third kappa shape index (κ3) is 2.93. The van der Waals surface area contributed by atoms with Crippen LogP contribution in [0.5, 0.6) is 0 Å². The van der Waals surface area contributed by atoms with Gasteiger partial charge in [-0.25, -0.2) is 0 Å². The summed E-state index contributed by atoms with van der Waals surface area (Å²) in [7, 11) is 0. The van der Waals surface area contributed by atoms with Gasteiger partial charge in [-0.3, -0.25) is 9.78 Å². The van der Waals surface area contributed by atoms with Crippen LogP contribution < -0.4 is 0 Å². The van der Waals surface area contributed by atoms with Crippen LogP contribution in [0.4, 0.5) is 0 Å². The first-order valence-corrected chi connectivity index (χ1v) is 7.36. The van der Waals surface area contributed by atoms with E-state index >= 15 is 0 Å². The number of carbonyl (C=O) groups is 1. The summed E-state index contributed by atoms with van der Waals surface area (Å²) in [5, 5.41) is 0. The second kappa shape index (κ2) is 6.02. The molecular formula is C18H12BrNO. The predicted octanol–water partition coefficient (Wildman–Crippen LogP) is 4.74. The number of aromatic nitrogens is 1. The molecule has 0 radical (unpaired) electrons. The summed E-state index contributed by atoms with van der Waals surface area (Å²) < 4.78 is 0.876. The molecule has 1 aromatic heterocycles. The number of pyridine rings is 1. The van der Waals surface area contributed by atoms with E-state index in [9.17, 15) is 4.79 Å². The third-order valence-electron chi connectivity index (χ3n) is 3.20. The first-order valence-electron chi connectivity index (χ1n) is 6.56. The lowest BCUT2D eigenvalue weighted by atomic mass is 9.96. The molecule has 0 fully saturated rings. The molecule has 0 aliphatic heterocycles. The molecule has 102 valence electrons. The molecule has 2 aromatic carbocycles. The van der Waals surface area contributed by atoms with Gasteiger partial charge in [0, 0.05) is 27.4 Å². The molecule has 0 saturated heterocycles. The monoisotopic (exact) mass is 337 g/mol. The molecule has 0 unspecified atom stereocenters. The SMILES string of the molecule is O=C(c1ccccc1)c1cc(Br)ccc1-c1ccccn1. The van der Waals surface area contributed by atoms with Gasteiger partial charge in [0.2, 0.25) is 0 Å². The van der Waals surface area contributed by atoms with Crippen molar-refractivity contribution in [1.29, 1.82) is 0 Å². The van der Waals surface area contributed by atoms with Crippen molar-refractivity contribution in [3.63, 3.8) is 0 Å². The Labute approximate surface area is 131 Å². The highest BCUT2D eigenvalue weighted by Crippen LogP contribution is 2.27. The van der Waals surface area contributed by atoms with Gasteiger partial charge in [-0.2, -0.15) is 0 Å². The maximum Gasteiger partial charge on any atom is 0.193 e. The van der Waals surface area contributed by atoms with Gasteiger partial charge in [0.25, 0.3) is 0 Å². The minimum atomic E-state index is -0.00227. The van der Waals surface area contributed by atoms with Crippen LogP contribution in [0.25, 0.3) is 11.3 Å². The maximum atomic E-state index is 12.7. The van der Waals surface area contributed by atoms with Crippen molar-refractivity contribution < 1.29 is 4.79 Å². The number of rotatable bonds is 3. The molecule has 2 nitrogen and oxygen atoms in total. The lowest BCUT2D eigenvalue weighted by Gasteiger charge is -2.09. The van der Waals surface area contributed by atoms with E-state index in [0.29, 0.717) is 11.1 Å². The standard InChI is InChI=1S/C18H12BrNO/c19-14-9-10-15(17-8-4-5-11-20-17)16(12-14)18(21)13-6-2-1-3-7-13/h1-12H. The maximum absolute atomic E-state index is 12.7. The van der Waals surface area contributed by atoms with E-state index in [1.807, 2.05) is 66.7 Å². The minimum absolute atomic E-state index is 0.00227. The molecule has 0 saturated carbocycles. The van der Waals surface area contributed by atoms with Crippen LogP contribution in [-0.2, 0) is 0 Å². The van der Waals surface area contributed by atoms with Crippen LogP contribution in [0.3, 0.4) is 0 Å². The number of benzene rings is 2. The number of carbonyl (C=O) groups excluding carboxylic acids is 1. The van der Waals surface area contributed by atoms with E-state index in [4.69, 9.17) is 0 Å². The number of halogens is 1.